The second-order valence-electron chi connectivity index (χ2n) is 8.38. The number of fused-ring (bicyclic) bond motifs is 1. The second kappa shape index (κ2) is 11.1. The number of nitrogens with two attached hydrogens (primary N) is 1. The van der Waals surface area contributed by atoms with Gasteiger partial charge < -0.3 is 20.1 Å². The van der Waals surface area contributed by atoms with Crippen molar-refractivity contribution < 1.29 is 18.7 Å². The van der Waals surface area contributed by atoms with Gasteiger partial charge in [-0.1, -0.05) is 17.7 Å². The van der Waals surface area contributed by atoms with Gasteiger partial charge >= 0.3 is 0 Å². The first-order chi connectivity index (χ1) is 17.4. The molecular weight excluding hydrogens is 461 g/mol. The molecule has 9 heteroatoms. The predicted octanol–water partition coefficient (Wildman–Crippen LogP) is 3.98. The quantitative estimate of drug-likeness (QED) is 0.292. The van der Waals surface area contributed by atoms with Crippen LogP contribution in [0.3, 0.4) is 0 Å². The number of carbonyl (C=O) groups is 1. The zero-order chi connectivity index (χ0) is 25.7. The second-order valence-corrected chi connectivity index (χ2v) is 8.38. The van der Waals surface area contributed by atoms with Crippen molar-refractivity contribution in [2.45, 2.75) is 12.8 Å². The molecule has 3 aromatic rings. The molecule has 1 aliphatic heterocycles. The Balaban J connectivity index is 1.76. The predicted molar refractivity (Wildman–Crippen MR) is 138 cm³/mol. The van der Waals surface area contributed by atoms with Crippen LogP contribution in [0.1, 0.15) is 18.4 Å². The van der Waals surface area contributed by atoms with Crippen molar-refractivity contribution in [3.63, 3.8) is 0 Å². The number of amides is 1. The number of methoxy groups -OCH3 is 1. The fourth-order valence-corrected chi connectivity index (χ4v) is 4.32. The third-order valence-electron chi connectivity index (χ3n) is 6.17. The summed E-state index contributed by atoms with van der Waals surface area (Å²) in [4.78, 5) is 27.2. The van der Waals surface area contributed by atoms with Crippen molar-refractivity contribution in [3.8, 4) is 11.3 Å². The van der Waals surface area contributed by atoms with Crippen LogP contribution in [-0.4, -0.2) is 56.0 Å². The normalized spacial score (nSPS) is 15.6. The molecule has 0 radical (unpaired) electrons. The zero-order valence-electron chi connectivity index (χ0n) is 20.3. The highest BCUT2D eigenvalue weighted by Crippen LogP contribution is 2.33. The van der Waals surface area contributed by atoms with Gasteiger partial charge in [0.15, 0.2) is 0 Å². The minimum Gasteiger partial charge on any atom is -0.481 e. The van der Waals surface area contributed by atoms with E-state index in [4.69, 9.17) is 15.2 Å². The number of hydrogen-bond acceptors (Lipinski definition) is 7. The third-order valence-corrected chi connectivity index (χ3v) is 6.17. The Morgan fingerprint density at radius 1 is 1.22 bits per heavy atom. The van der Waals surface area contributed by atoms with Crippen LogP contribution in [-0.2, 0) is 14.3 Å². The number of benzene rings is 2. The maximum absolute atomic E-state index is 15.1. The van der Waals surface area contributed by atoms with Crippen LogP contribution in [0, 0.1) is 5.82 Å². The van der Waals surface area contributed by atoms with Crippen LogP contribution in [0.4, 0.5) is 10.1 Å². The first-order valence-electron chi connectivity index (χ1n) is 11.5. The number of morpholine rings is 1. The summed E-state index contributed by atoms with van der Waals surface area (Å²) in [5.41, 5.74) is 9.36. The van der Waals surface area contributed by atoms with Gasteiger partial charge in [-0.3, -0.25) is 4.79 Å². The number of primary amides is 1. The number of nitrogens with zero attached hydrogens (tertiary/aromatic N) is 4. The van der Waals surface area contributed by atoms with Gasteiger partial charge in [-0.25, -0.2) is 19.4 Å². The number of aliphatic imine (C=N–C) groups is 1. The van der Waals surface area contributed by atoms with Gasteiger partial charge in [-0.15, -0.1) is 0 Å². The van der Waals surface area contributed by atoms with Crippen molar-refractivity contribution in [2.75, 3.05) is 38.3 Å². The average Bonchev–Trinajstić information content (AvgIpc) is 2.90. The maximum atomic E-state index is 15.1. The molecule has 1 saturated heterocycles. The van der Waals surface area contributed by atoms with E-state index in [0.29, 0.717) is 46.8 Å². The number of aromatic nitrogens is 2. The minimum atomic E-state index is -0.787. The maximum Gasteiger partial charge on any atom is 0.229 e. The van der Waals surface area contributed by atoms with Crippen LogP contribution in [0.5, 0.6) is 0 Å². The monoisotopic (exact) mass is 489 g/mol. The molecule has 1 amide bonds. The highest BCUT2D eigenvalue weighted by atomic mass is 19.1. The molecule has 186 valence electrons. The van der Waals surface area contributed by atoms with Crippen LogP contribution in [0.25, 0.3) is 22.2 Å². The van der Waals surface area contributed by atoms with E-state index in [1.54, 1.807) is 31.2 Å². The summed E-state index contributed by atoms with van der Waals surface area (Å²) < 4.78 is 25.6. The lowest BCUT2D eigenvalue weighted by Crippen LogP contribution is -2.36. The van der Waals surface area contributed by atoms with Crippen molar-refractivity contribution >= 4 is 29.2 Å². The van der Waals surface area contributed by atoms with Crippen molar-refractivity contribution in [1.29, 1.82) is 0 Å². The largest absolute Gasteiger partial charge is 0.481 e. The number of rotatable bonds is 8. The topological polar surface area (TPSA) is 103 Å². The minimum absolute atomic E-state index is 0.263. The molecule has 0 bridgehead atoms. The summed E-state index contributed by atoms with van der Waals surface area (Å²) in [6.07, 6.45) is 4.69. The fourth-order valence-electron chi connectivity index (χ4n) is 4.32. The zero-order valence-corrected chi connectivity index (χ0v) is 20.3. The van der Waals surface area contributed by atoms with E-state index >= 15 is 4.39 Å². The lowest BCUT2D eigenvalue weighted by Gasteiger charge is -2.29. The number of carbonyl (C=O) groups excluding carboxylic acids is 1. The molecule has 1 unspecified atom stereocenters. The fraction of sp³-hybridized carbons (Fsp3) is 0.259. The number of ether oxygens (including phenoxy) is 2. The Hall–Kier alpha value is -4.11. The van der Waals surface area contributed by atoms with Crippen molar-refractivity contribution in [2.24, 2.45) is 10.7 Å². The number of halogens is 1. The molecule has 0 spiro atoms. The molecule has 2 aromatic carbocycles. The summed E-state index contributed by atoms with van der Waals surface area (Å²) in [5, 5.41) is 0.707. The molecule has 2 heterocycles. The average molecular weight is 490 g/mol. The van der Waals surface area contributed by atoms with Crippen LogP contribution >= 0.6 is 0 Å². The van der Waals surface area contributed by atoms with Crippen LogP contribution in [0.15, 0.2) is 71.3 Å². The van der Waals surface area contributed by atoms with Crippen LogP contribution in [0.2, 0.25) is 0 Å². The smallest absolute Gasteiger partial charge is 0.229 e. The van der Waals surface area contributed by atoms with Crippen molar-refractivity contribution in [3.05, 3.63) is 77.7 Å². The standard InChI is InChI=1S/C27H28FN5O3/c1-17(4-9-24(30-2)35-3)25(27(29)34)18-5-8-22(28)21(14-18)26-20-7-6-19(15-23(20)31-16-32-26)33-10-12-36-13-11-33/h4-9,14-16,25H,2,10-13H2,1,3H3,(H2,29,34)/b17-4+,24-9+. The third kappa shape index (κ3) is 5.26. The molecule has 1 aromatic heterocycles. The molecule has 36 heavy (non-hydrogen) atoms. The molecular formula is C27H28FN5O3. The summed E-state index contributed by atoms with van der Waals surface area (Å²) in [6.45, 7) is 8.14. The Labute approximate surface area is 209 Å². The van der Waals surface area contributed by atoms with E-state index in [9.17, 15) is 4.79 Å². The molecule has 1 aliphatic rings. The summed E-state index contributed by atoms with van der Waals surface area (Å²) in [5.74, 6) is -1.52. The van der Waals surface area contributed by atoms with Crippen molar-refractivity contribution in [1.82, 2.24) is 9.97 Å². The molecule has 1 fully saturated rings. The molecule has 0 saturated carbocycles. The molecule has 0 aliphatic carbocycles. The van der Waals surface area contributed by atoms with E-state index in [-0.39, 0.29) is 5.56 Å². The first-order valence-corrected chi connectivity index (χ1v) is 11.5. The Morgan fingerprint density at radius 3 is 2.69 bits per heavy atom. The Bertz CT molecular complexity index is 1350. The number of anilines is 1. The van der Waals surface area contributed by atoms with E-state index < -0.39 is 17.6 Å². The van der Waals surface area contributed by atoms with Gasteiger partial charge in [0.1, 0.15) is 12.1 Å². The summed E-state index contributed by atoms with van der Waals surface area (Å²) in [7, 11) is 1.47. The first kappa shape index (κ1) is 25.0. The molecule has 8 nitrogen and oxygen atoms in total. The van der Waals surface area contributed by atoms with Gasteiger partial charge in [0.25, 0.3) is 0 Å². The molecule has 2 N–H and O–H groups in total. The van der Waals surface area contributed by atoms with Gasteiger partial charge in [-0.2, -0.15) is 0 Å². The number of hydrogen-bond donors (Lipinski definition) is 1. The van der Waals surface area contributed by atoms with E-state index in [1.165, 1.54) is 19.5 Å². The number of allylic oxidation sites excluding steroid dienone is 2. The molecule has 1 atom stereocenters. The van der Waals surface area contributed by atoms with E-state index in [2.05, 4.69) is 26.6 Å². The lowest BCUT2D eigenvalue weighted by molar-refractivity contribution is -0.118. The van der Waals surface area contributed by atoms with Gasteiger partial charge in [-0.05, 0) is 49.5 Å². The molecule has 4 rings (SSSR count). The Morgan fingerprint density at radius 2 is 2.00 bits per heavy atom. The van der Waals surface area contributed by atoms with E-state index in [0.717, 1.165) is 18.8 Å². The SMILES string of the molecule is C=N/C(=C\C=C(/C)C(C(N)=O)c1ccc(F)c(-c2ncnc3cc(N4CCOCC4)ccc23)c1)OC. The Kier molecular flexibility index (Phi) is 7.70. The van der Waals surface area contributed by atoms with Gasteiger partial charge in [0.2, 0.25) is 11.8 Å². The van der Waals surface area contributed by atoms with Crippen LogP contribution < -0.4 is 10.6 Å². The summed E-state index contributed by atoms with van der Waals surface area (Å²) >= 11 is 0. The highest BCUT2D eigenvalue weighted by Gasteiger charge is 2.22. The lowest BCUT2D eigenvalue weighted by atomic mass is 9.89. The van der Waals surface area contributed by atoms with Gasteiger partial charge in [0, 0.05) is 35.8 Å². The van der Waals surface area contributed by atoms with Gasteiger partial charge in [0.05, 0.1) is 37.5 Å². The summed E-state index contributed by atoms with van der Waals surface area (Å²) in [6, 6.07) is 10.3. The highest BCUT2D eigenvalue weighted by molar-refractivity contribution is 5.94. The van der Waals surface area contributed by atoms with E-state index in [1.807, 2.05) is 18.2 Å².